The van der Waals surface area contributed by atoms with E-state index in [1.165, 1.54) is 12.1 Å². The van der Waals surface area contributed by atoms with E-state index in [-0.39, 0.29) is 17.6 Å². The SMILES string of the molecule is CC(C)N(CCN)C(=O)c1ccc(F)cn1. The molecule has 1 rings (SSSR count). The van der Waals surface area contributed by atoms with Gasteiger partial charge in [-0.3, -0.25) is 4.79 Å². The maximum atomic E-state index is 12.7. The molecule has 0 aliphatic heterocycles. The Hall–Kier alpha value is -1.49. The summed E-state index contributed by atoms with van der Waals surface area (Å²) in [6.07, 6.45) is 1.04. The number of nitrogens with two attached hydrogens (primary N) is 1. The summed E-state index contributed by atoms with van der Waals surface area (Å²) in [5.41, 5.74) is 5.67. The van der Waals surface area contributed by atoms with Crippen LogP contribution in [-0.2, 0) is 0 Å². The predicted octanol–water partition coefficient (Wildman–Crippen LogP) is 1.03. The molecule has 1 aromatic rings. The molecule has 0 bridgehead atoms. The van der Waals surface area contributed by atoms with Crippen molar-refractivity contribution in [2.45, 2.75) is 19.9 Å². The lowest BCUT2D eigenvalue weighted by molar-refractivity contribution is 0.0705. The van der Waals surface area contributed by atoms with Crippen LogP contribution in [0.25, 0.3) is 0 Å². The predicted molar refractivity (Wildman–Crippen MR) is 59.4 cm³/mol. The lowest BCUT2D eigenvalue weighted by Gasteiger charge is -2.25. The Balaban J connectivity index is 2.86. The lowest BCUT2D eigenvalue weighted by atomic mass is 10.2. The number of carbonyl (C=O) groups excluding carboxylic acids is 1. The normalized spacial score (nSPS) is 10.6. The lowest BCUT2D eigenvalue weighted by Crippen LogP contribution is -2.40. The first-order valence-corrected chi connectivity index (χ1v) is 5.19. The standard InChI is InChI=1S/C11H16FN3O/c1-8(2)15(6-5-13)11(16)10-4-3-9(12)7-14-10/h3-4,7-8H,5-6,13H2,1-2H3. The highest BCUT2D eigenvalue weighted by Gasteiger charge is 2.18. The van der Waals surface area contributed by atoms with Gasteiger partial charge < -0.3 is 10.6 Å². The summed E-state index contributed by atoms with van der Waals surface area (Å²) in [6.45, 7) is 4.66. The van der Waals surface area contributed by atoms with Crippen molar-refractivity contribution in [2.75, 3.05) is 13.1 Å². The molecule has 5 heteroatoms. The summed E-state index contributed by atoms with van der Waals surface area (Å²) >= 11 is 0. The van der Waals surface area contributed by atoms with Crippen molar-refractivity contribution in [1.29, 1.82) is 0 Å². The molecule has 1 aromatic heterocycles. The second kappa shape index (κ2) is 5.55. The maximum Gasteiger partial charge on any atom is 0.272 e. The van der Waals surface area contributed by atoms with E-state index in [4.69, 9.17) is 5.73 Å². The van der Waals surface area contributed by atoms with Crippen LogP contribution in [-0.4, -0.2) is 34.9 Å². The topological polar surface area (TPSA) is 59.2 Å². The number of halogens is 1. The van der Waals surface area contributed by atoms with E-state index >= 15 is 0 Å². The van der Waals surface area contributed by atoms with Crippen LogP contribution in [0.2, 0.25) is 0 Å². The quantitative estimate of drug-likeness (QED) is 0.832. The molecule has 0 radical (unpaired) electrons. The summed E-state index contributed by atoms with van der Waals surface area (Å²) in [7, 11) is 0. The van der Waals surface area contributed by atoms with Gasteiger partial charge in [0.2, 0.25) is 0 Å². The molecule has 0 saturated heterocycles. The fourth-order valence-electron chi connectivity index (χ4n) is 1.38. The fourth-order valence-corrected chi connectivity index (χ4v) is 1.38. The third-order valence-electron chi connectivity index (χ3n) is 2.20. The fraction of sp³-hybridized carbons (Fsp3) is 0.455. The van der Waals surface area contributed by atoms with Gasteiger partial charge in [0.15, 0.2) is 0 Å². The average Bonchev–Trinajstić information content (AvgIpc) is 2.25. The third-order valence-corrected chi connectivity index (χ3v) is 2.20. The molecular formula is C11H16FN3O. The van der Waals surface area contributed by atoms with Gasteiger partial charge in [-0.1, -0.05) is 0 Å². The first kappa shape index (κ1) is 12.6. The molecule has 0 spiro atoms. The van der Waals surface area contributed by atoms with Crippen molar-refractivity contribution < 1.29 is 9.18 Å². The van der Waals surface area contributed by atoms with Gasteiger partial charge >= 0.3 is 0 Å². The molecule has 1 heterocycles. The number of hydrogen-bond donors (Lipinski definition) is 1. The van der Waals surface area contributed by atoms with Crippen molar-refractivity contribution >= 4 is 5.91 Å². The minimum Gasteiger partial charge on any atom is -0.334 e. The first-order chi connectivity index (χ1) is 7.56. The summed E-state index contributed by atoms with van der Waals surface area (Å²) in [5, 5.41) is 0. The van der Waals surface area contributed by atoms with E-state index in [2.05, 4.69) is 4.98 Å². The number of amides is 1. The summed E-state index contributed by atoms with van der Waals surface area (Å²) in [4.78, 5) is 17.3. The van der Waals surface area contributed by atoms with Crippen molar-refractivity contribution in [3.63, 3.8) is 0 Å². The molecule has 0 aliphatic carbocycles. The van der Waals surface area contributed by atoms with Crippen LogP contribution < -0.4 is 5.73 Å². The van der Waals surface area contributed by atoms with Crippen molar-refractivity contribution in [3.8, 4) is 0 Å². The van der Waals surface area contributed by atoms with Crippen LogP contribution in [0.1, 0.15) is 24.3 Å². The highest BCUT2D eigenvalue weighted by atomic mass is 19.1. The van der Waals surface area contributed by atoms with Crippen molar-refractivity contribution in [2.24, 2.45) is 5.73 Å². The average molecular weight is 225 g/mol. The number of nitrogens with zero attached hydrogens (tertiary/aromatic N) is 2. The zero-order valence-electron chi connectivity index (χ0n) is 9.48. The van der Waals surface area contributed by atoms with E-state index in [1.807, 2.05) is 13.8 Å². The van der Waals surface area contributed by atoms with Gasteiger partial charge in [-0.15, -0.1) is 0 Å². The van der Waals surface area contributed by atoms with E-state index in [9.17, 15) is 9.18 Å². The Bertz CT molecular complexity index is 351. The van der Waals surface area contributed by atoms with Crippen LogP contribution in [0.3, 0.4) is 0 Å². The largest absolute Gasteiger partial charge is 0.334 e. The van der Waals surface area contributed by atoms with Gasteiger partial charge in [0.05, 0.1) is 6.20 Å². The number of carbonyl (C=O) groups is 1. The number of pyridine rings is 1. The van der Waals surface area contributed by atoms with Crippen LogP contribution in [0.5, 0.6) is 0 Å². The van der Waals surface area contributed by atoms with E-state index in [0.717, 1.165) is 6.20 Å². The molecule has 16 heavy (non-hydrogen) atoms. The zero-order valence-corrected chi connectivity index (χ0v) is 9.48. The second-order valence-electron chi connectivity index (χ2n) is 3.74. The molecular weight excluding hydrogens is 209 g/mol. The molecule has 0 unspecified atom stereocenters. The zero-order chi connectivity index (χ0) is 12.1. The van der Waals surface area contributed by atoms with Crippen LogP contribution in [0.4, 0.5) is 4.39 Å². The van der Waals surface area contributed by atoms with E-state index in [0.29, 0.717) is 13.1 Å². The molecule has 4 nitrogen and oxygen atoms in total. The van der Waals surface area contributed by atoms with Crippen LogP contribution >= 0.6 is 0 Å². The van der Waals surface area contributed by atoms with Gasteiger partial charge in [0, 0.05) is 19.1 Å². The molecule has 1 amide bonds. The number of rotatable bonds is 4. The molecule has 0 aliphatic rings. The third kappa shape index (κ3) is 3.00. The minimum absolute atomic E-state index is 0.0444. The highest BCUT2D eigenvalue weighted by molar-refractivity contribution is 5.92. The molecule has 0 fully saturated rings. The Morgan fingerprint density at radius 1 is 1.56 bits per heavy atom. The van der Waals surface area contributed by atoms with Crippen molar-refractivity contribution in [1.82, 2.24) is 9.88 Å². The Morgan fingerprint density at radius 3 is 2.69 bits per heavy atom. The van der Waals surface area contributed by atoms with Gasteiger partial charge in [0.25, 0.3) is 5.91 Å². The minimum atomic E-state index is -0.452. The monoisotopic (exact) mass is 225 g/mol. The van der Waals surface area contributed by atoms with E-state index in [1.54, 1.807) is 4.90 Å². The molecule has 0 saturated carbocycles. The van der Waals surface area contributed by atoms with Crippen LogP contribution in [0, 0.1) is 5.82 Å². The van der Waals surface area contributed by atoms with Crippen LogP contribution in [0.15, 0.2) is 18.3 Å². The highest BCUT2D eigenvalue weighted by Crippen LogP contribution is 2.06. The van der Waals surface area contributed by atoms with Gasteiger partial charge in [-0.2, -0.15) is 0 Å². The molecule has 0 atom stereocenters. The molecule has 88 valence electrons. The first-order valence-electron chi connectivity index (χ1n) is 5.19. The van der Waals surface area contributed by atoms with Gasteiger partial charge in [-0.25, -0.2) is 9.37 Å². The van der Waals surface area contributed by atoms with Gasteiger partial charge in [-0.05, 0) is 26.0 Å². The smallest absolute Gasteiger partial charge is 0.272 e. The second-order valence-corrected chi connectivity index (χ2v) is 3.74. The Morgan fingerprint density at radius 2 is 2.25 bits per heavy atom. The summed E-state index contributed by atoms with van der Waals surface area (Å²) in [6, 6.07) is 2.65. The maximum absolute atomic E-state index is 12.7. The molecule has 0 aromatic carbocycles. The van der Waals surface area contributed by atoms with E-state index < -0.39 is 5.82 Å². The number of aromatic nitrogens is 1. The summed E-state index contributed by atoms with van der Waals surface area (Å²) < 4.78 is 12.7. The Labute approximate surface area is 94.3 Å². The Kier molecular flexibility index (Phi) is 4.37. The number of hydrogen-bond acceptors (Lipinski definition) is 3. The summed E-state index contributed by atoms with van der Waals surface area (Å²) in [5.74, 6) is -0.674. The van der Waals surface area contributed by atoms with Gasteiger partial charge in [0.1, 0.15) is 11.5 Å². The van der Waals surface area contributed by atoms with Crippen molar-refractivity contribution in [3.05, 3.63) is 29.8 Å². The molecule has 2 N–H and O–H groups in total.